The lowest BCUT2D eigenvalue weighted by molar-refractivity contribution is -0.135. The van der Waals surface area contributed by atoms with Crippen LogP contribution in [0.1, 0.15) is 69.6 Å². The molecule has 0 spiro atoms. The highest BCUT2D eigenvalue weighted by Crippen LogP contribution is 2.20. The van der Waals surface area contributed by atoms with Gasteiger partial charge in [-0.3, -0.25) is 4.79 Å². The molecule has 2 amide bonds. The number of rotatable bonds is 18. The molecule has 4 atom stereocenters. The van der Waals surface area contributed by atoms with Gasteiger partial charge in [0.2, 0.25) is 5.91 Å². The van der Waals surface area contributed by atoms with Gasteiger partial charge in [-0.05, 0) is 54.5 Å². The minimum atomic E-state index is -3.88. The van der Waals surface area contributed by atoms with Gasteiger partial charge in [-0.1, -0.05) is 57.9 Å². The number of nitrogens with two attached hydrogens (primary N) is 1. The predicted octanol–water partition coefficient (Wildman–Crippen LogP) is 4.05. The lowest BCUT2D eigenvalue weighted by atomic mass is 10.0. The zero-order valence-corrected chi connectivity index (χ0v) is 28.3. The van der Waals surface area contributed by atoms with Crippen LogP contribution in [0.25, 0.3) is 0 Å². The molecule has 1 saturated heterocycles. The molecule has 0 aliphatic carbocycles. The Labute approximate surface area is 276 Å². The number of aryl methyl sites for hydroxylation is 1. The van der Waals surface area contributed by atoms with E-state index in [-0.39, 0.29) is 31.7 Å². The summed E-state index contributed by atoms with van der Waals surface area (Å²) in [6.07, 6.45) is 0.319. The number of aliphatic hydroxyl groups is 1. The highest BCUT2D eigenvalue weighted by atomic mass is 32.2. The van der Waals surface area contributed by atoms with Crippen LogP contribution in [0.5, 0.6) is 0 Å². The number of hydrogen-bond donors (Lipinski definition) is 3. The molecule has 10 nitrogen and oxygen atoms in total. The van der Waals surface area contributed by atoms with Crippen molar-refractivity contribution in [2.75, 3.05) is 25.5 Å². The van der Waals surface area contributed by atoms with E-state index >= 15 is 0 Å². The van der Waals surface area contributed by atoms with Gasteiger partial charge < -0.3 is 30.5 Å². The molecule has 1 aliphatic rings. The smallest absolute Gasteiger partial charge is 0.408 e. The molecule has 262 valence electrons. The predicted molar refractivity (Wildman–Crippen MR) is 175 cm³/mol. The van der Waals surface area contributed by atoms with E-state index < -0.39 is 68.8 Å². The Balaban J connectivity index is 1.93. The van der Waals surface area contributed by atoms with Crippen LogP contribution in [0.4, 0.5) is 13.6 Å². The summed E-state index contributed by atoms with van der Waals surface area (Å²) in [6, 6.07) is 7.86. The quantitative estimate of drug-likeness (QED) is 0.214. The fourth-order valence-electron chi connectivity index (χ4n) is 5.74. The number of hydrogen-bond acceptors (Lipinski definition) is 8. The lowest BCUT2D eigenvalue weighted by Crippen LogP contribution is -2.55. The number of ether oxygens (including phenoxy) is 2. The van der Waals surface area contributed by atoms with Gasteiger partial charge in [0.25, 0.3) is 0 Å². The number of alkyl carbamates (subject to hydrolysis) is 1. The first kappa shape index (κ1) is 38.3. The SMILES string of the molecule is CCCC(CCC)S(=O)(=O)C[C@@H](NC(=O)O[C@H]1CCOC1)C(=O)N(Cc1cccc(CC)c1)C[C@@H](O)[C@@H](N)Cc1cc(F)cc(F)c1. The van der Waals surface area contributed by atoms with Crippen LogP contribution in [-0.4, -0.2) is 85.5 Å². The van der Waals surface area contributed by atoms with Gasteiger partial charge in [-0.15, -0.1) is 0 Å². The van der Waals surface area contributed by atoms with E-state index in [1.807, 2.05) is 39.0 Å². The van der Waals surface area contributed by atoms with Crippen molar-refractivity contribution in [3.8, 4) is 0 Å². The zero-order valence-electron chi connectivity index (χ0n) is 27.5. The second kappa shape index (κ2) is 18.4. The Hall–Kier alpha value is -3.13. The van der Waals surface area contributed by atoms with Crippen LogP contribution >= 0.6 is 0 Å². The topological polar surface area (TPSA) is 148 Å². The molecular formula is C34H49F2N3O7S. The van der Waals surface area contributed by atoms with E-state index in [1.165, 1.54) is 4.90 Å². The highest BCUT2D eigenvalue weighted by molar-refractivity contribution is 7.92. The van der Waals surface area contributed by atoms with Gasteiger partial charge in [-0.2, -0.15) is 0 Å². The highest BCUT2D eigenvalue weighted by Gasteiger charge is 2.36. The summed E-state index contributed by atoms with van der Waals surface area (Å²) in [6.45, 7) is 5.99. The number of benzene rings is 2. The number of aliphatic hydroxyl groups excluding tert-OH is 1. The van der Waals surface area contributed by atoms with Crippen molar-refractivity contribution in [2.45, 2.75) is 102 Å². The summed E-state index contributed by atoms with van der Waals surface area (Å²) < 4.78 is 65.7. The third kappa shape index (κ3) is 12.1. The Kier molecular flexibility index (Phi) is 15.0. The van der Waals surface area contributed by atoms with E-state index in [2.05, 4.69) is 5.32 Å². The summed E-state index contributed by atoms with van der Waals surface area (Å²) in [5.41, 5.74) is 8.21. The first-order valence-electron chi connectivity index (χ1n) is 16.4. The molecule has 0 bridgehead atoms. The molecule has 1 aliphatic heterocycles. The Morgan fingerprint density at radius 3 is 2.32 bits per heavy atom. The van der Waals surface area contributed by atoms with Crippen LogP contribution < -0.4 is 11.1 Å². The molecule has 1 fully saturated rings. The summed E-state index contributed by atoms with van der Waals surface area (Å²) in [7, 11) is -3.88. The van der Waals surface area contributed by atoms with Crippen LogP contribution in [-0.2, 0) is 43.5 Å². The van der Waals surface area contributed by atoms with Gasteiger partial charge in [0.05, 0.1) is 30.3 Å². The van der Waals surface area contributed by atoms with E-state index in [4.69, 9.17) is 15.2 Å². The molecule has 0 saturated carbocycles. The average molecular weight is 682 g/mol. The van der Waals surface area contributed by atoms with Crippen molar-refractivity contribution in [1.29, 1.82) is 0 Å². The van der Waals surface area contributed by atoms with Gasteiger partial charge >= 0.3 is 6.09 Å². The van der Waals surface area contributed by atoms with Gasteiger partial charge in [-0.25, -0.2) is 22.0 Å². The van der Waals surface area contributed by atoms with E-state index in [0.717, 1.165) is 30.2 Å². The first-order chi connectivity index (χ1) is 22.3. The molecule has 0 unspecified atom stereocenters. The molecule has 2 aromatic rings. The van der Waals surface area contributed by atoms with Crippen molar-refractivity contribution in [3.05, 3.63) is 70.8 Å². The second-order valence-electron chi connectivity index (χ2n) is 12.2. The number of carbonyl (C=O) groups excluding carboxylic acids is 2. The zero-order chi connectivity index (χ0) is 34.6. The van der Waals surface area contributed by atoms with E-state index in [1.54, 1.807) is 6.07 Å². The maximum absolute atomic E-state index is 14.3. The van der Waals surface area contributed by atoms with Gasteiger partial charge in [0.1, 0.15) is 23.8 Å². The summed E-state index contributed by atoms with van der Waals surface area (Å²) >= 11 is 0. The number of carbonyl (C=O) groups is 2. The molecule has 0 aromatic heterocycles. The first-order valence-corrected chi connectivity index (χ1v) is 18.1. The molecule has 13 heteroatoms. The summed E-state index contributed by atoms with van der Waals surface area (Å²) in [4.78, 5) is 28.6. The second-order valence-corrected chi connectivity index (χ2v) is 14.5. The maximum atomic E-state index is 14.3. The molecule has 0 radical (unpaired) electrons. The third-order valence-electron chi connectivity index (χ3n) is 8.26. The van der Waals surface area contributed by atoms with Crippen LogP contribution in [0.2, 0.25) is 0 Å². The molecular weight excluding hydrogens is 632 g/mol. The Morgan fingerprint density at radius 2 is 1.72 bits per heavy atom. The van der Waals surface area contributed by atoms with Crippen molar-refractivity contribution in [3.63, 3.8) is 0 Å². The number of nitrogens with zero attached hydrogens (tertiary/aromatic N) is 1. The summed E-state index contributed by atoms with van der Waals surface area (Å²) in [5.74, 6) is -2.98. The Bertz CT molecular complexity index is 1400. The number of sulfone groups is 1. The normalized spacial score (nSPS) is 16.9. The lowest BCUT2D eigenvalue weighted by Gasteiger charge is -2.32. The molecule has 47 heavy (non-hydrogen) atoms. The third-order valence-corrected chi connectivity index (χ3v) is 10.5. The van der Waals surface area contributed by atoms with Crippen molar-refractivity contribution >= 4 is 21.8 Å². The molecule has 2 aromatic carbocycles. The largest absolute Gasteiger partial charge is 0.444 e. The van der Waals surface area contributed by atoms with Crippen LogP contribution in [0.15, 0.2) is 42.5 Å². The van der Waals surface area contributed by atoms with Crippen molar-refractivity contribution < 1.29 is 41.4 Å². The Morgan fingerprint density at radius 1 is 1.06 bits per heavy atom. The van der Waals surface area contributed by atoms with E-state index in [0.29, 0.717) is 44.3 Å². The van der Waals surface area contributed by atoms with Crippen molar-refractivity contribution in [1.82, 2.24) is 10.2 Å². The maximum Gasteiger partial charge on any atom is 0.408 e. The molecule has 3 rings (SSSR count). The monoisotopic (exact) mass is 681 g/mol. The minimum Gasteiger partial charge on any atom is -0.444 e. The minimum absolute atomic E-state index is 0.0257. The molecule has 4 N–H and O–H groups in total. The molecule has 1 heterocycles. The van der Waals surface area contributed by atoms with Crippen molar-refractivity contribution in [2.24, 2.45) is 5.73 Å². The average Bonchev–Trinajstić information content (AvgIpc) is 3.52. The van der Waals surface area contributed by atoms with Crippen LogP contribution in [0.3, 0.4) is 0 Å². The number of amides is 2. The fourth-order valence-corrected chi connectivity index (χ4v) is 7.90. The van der Waals surface area contributed by atoms with Gasteiger partial charge in [0.15, 0.2) is 9.84 Å². The standard InChI is InChI=1S/C34H49F2N3O7S/c1-4-8-29(9-5-2)47(43,44)22-31(38-34(42)46-28-12-13-45-21-28)33(41)39(19-24-11-7-10-23(6-3)14-24)20-32(40)30(37)17-25-15-26(35)18-27(36)16-25/h7,10-11,14-16,18,28-32,40H,4-6,8-9,12-13,17,19-22,37H2,1-3H3,(H,38,42)/t28-,30-,31+,32+/m0/s1. The van der Waals surface area contributed by atoms with Crippen LogP contribution in [0, 0.1) is 11.6 Å². The number of halogens is 2. The number of nitrogens with one attached hydrogen (secondary N) is 1. The summed E-state index contributed by atoms with van der Waals surface area (Å²) in [5, 5.41) is 13.0. The fraction of sp³-hybridized carbons (Fsp3) is 0.588. The van der Waals surface area contributed by atoms with Gasteiger partial charge in [0, 0.05) is 31.6 Å². The van der Waals surface area contributed by atoms with E-state index in [9.17, 15) is 31.9 Å².